The zero-order chi connectivity index (χ0) is 15.6. The van der Waals surface area contributed by atoms with E-state index in [9.17, 15) is 0 Å². The molecule has 0 amide bonds. The summed E-state index contributed by atoms with van der Waals surface area (Å²) < 4.78 is 0. The quantitative estimate of drug-likeness (QED) is 0.657. The van der Waals surface area contributed by atoms with Crippen molar-refractivity contribution in [1.82, 2.24) is 5.43 Å². The fourth-order valence-electron chi connectivity index (χ4n) is 3.04. The Hall–Kier alpha value is -1.64. The first-order valence-corrected chi connectivity index (χ1v) is 7.51. The second kappa shape index (κ2) is 6.42. The average Bonchev–Trinajstić information content (AvgIpc) is 2.39. The molecule has 0 aliphatic rings. The Kier molecular flexibility index (Phi) is 4.81. The van der Waals surface area contributed by atoms with Crippen LogP contribution in [0.3, 0.4) is 0 Å². The molecule has 3 N–H and O–H groups in total. The van der Waals surface area contributed by atoms with Crippen LogP contribution in [0.5, 0.6) is 0 Å². The van der Waals surface area contributed by atoms with Gasteiger partial charge in [0, 0.05) is 0 Å². The summed E-state index contributed by atoms with van der Waals surface area (Å²) in [5.74, 6) is 5.84. The predicted molar refractivity (Wildman–Crippen MR) is 90.3 cm³/mol. The van der Waals surface area contributed by atoms with E-state index in [4.69, 9.17) is 5.84 Å². The van der Waals surface area contributed by atoms with Crippen molar-refractivity contribution in [3.05, 3.63) is 69.3 Å². The van der Waals surface area contributed by atoms with Gasteiger partial charge < -0.3 is 0 Å². The van der Waals surface area contributed by atoms with Gasteiger partial charge in [0.05, 0.1) is 6.04 Å². The van der Waals surface area contributed by atoms with Gasteiger partial charge in [0.2, 0.25) is 0 Å². The molecule has 2 rings (SSSR count). The number of hydrogen-bond acceptors (Lipinski definition) is 2. The summed E-state index contributed by atoms with van der Waals surface area (Å²) in [6, 6.07) is 11.3. The lowest BCUT2D eigenvalue weighted by Crippen LogP contribution is -2.30. The molecule has 0 saturated carbocycles. The van der Waals surface area contributed by atoms with Gasteiger partial charge in [-0.2, -0.15) is 0 Å². The normalized spacial score (nSPS) is 12.5. The van der Waals surface area contributed by atoms with Gasteiger partial charge in [0.15, 0.2) is 0 Å². The lowest BCUT2D eigenvalue weighted by molar-refractivity contribution is 0.548. The highest BCUT2D eigenvalue weighted by Gasteiger charge is 2.14. The first-order valence-electron chi connectivity index (χ1n) is 7.51. The maximum absolute atomic E-state index is 5.84. The van der Waals surface area contributed by atoms with Crippen LogP contribution in [-0.4, -0.2) is 0 Å². The molecule has 0 saturated heterocycles. The fraction of sp³-hybridized carbons (Fsp3) is 0.368. The van der Waals surface area contributed by atoms with Crippen molar-refractivity contribution in [2.75, 3.05) is 0 Å². The summed E-state index contributed by atoms with van der Waals surface area (Å²) in [7, 11) is 0. The van der Waals surface area contributed by atoms with Crippen molar-refractivity contribution < 1.29 is 0 Å². The maximum atomic E-state index is 5.84. The van der Waals surface area contributed by atoms with Gasteiger partial charge in [-0.15, -0.1) is 0 Å². The zero-order valence-corrected chi connectivity index (χ0v) is 13.7. The van der Waals surface area contributed by atoms with Crippen LogP contribution in [-0.2, 0) is 6.42 Å². The third-order valence-electron chi connectivity index (χ3n) is 4.18. The highest BCUT2D eigenvalue weighted by Crippen LogP contribution is 2.25. The van der Waals surface area contributed by atoms with E-state index in [1.54, 1.807) is 0 Å². The van der Waals surface area contributed by atoms with Crippen LogP contribution in [0.4, 0.5) is 0 Å². The highest BCUT2D eigenvalue weighted by atomic mass is 15.2. The molecule has 0 radical (unpaired) electrons. The lowest BCUT2D eigenvalue weighted by Gasteiger charge is -2.21. The van der Waals surface area contributed by atoms with Crippen molar-refractivity contribution in [2.24, 2.45) is 5.84 Å². The molecule has 2 nitrogen and oxygen atoms in total. The highest BCUT2D eigenvalue weighted by molar-refractivity contribution is 5.39. The SMILES string of the molecule is Cc1cc(C)cc(CC(NN)c2cc(C)c(C)cc2C)c1. The Bertz CT molecular complexity index is 624. The van der Waals surface area contributed by atoms with E-state index < -0.39 is 0 Å². The van der Waals surface area contributed by atoms with Crippen LogP contribution < -0.4 is 11.3 Å². The maximum Gasteiger partial charge on any atom is 0.0503 e. The fourth-order valence-corrected chi connectivity index (χ4v) is 3.04. The van der Waals surface area contributed by atoms with Gasteiger partial charge in [-0.1, -0.05) is 41.5 Å². The minimum absolute atomic E-state index is 0.144. The number of benzene rings is 2. The van der Waals surface area contributed by atoms with Crippen LogP contribution >= 0.6 is 0 Å². The van der Waals surface area contributed by atoms with Gasteiger partial charge in [-0.3, -0.25) is 11.3 Å². The molecule has 1 atom stereocenters. The summed E-state index contributed by atoms with van der Waals surface area (Å²) in [6.07, 6.45) is 0.905. The molecule has 1 unspecified atom stereocenters. The molecule has 0 fully saturated rings. The summed E-state index contributed by atoms with van der Waals surface area (Å²) in [5.41, 5.74) is 12.2. The largest absolute Gasteiger partial charge is 0.271 e. The molecule has 0 aliphatic heterocycles. The Morgan fingerprint density at radius 3 is 1.95 bits per heavy atom. The zero-order valence-electron chi connectivity index (χ0n) is 13.7. The molecule has 0 bridgehead atoms. The standard InChI is InChI=1S/C19H26N2/c1-12-6-13(2)8-17(7-12)11-19(21-20)18-10-15(4)14(3)9-16(18)5/h6-10,19,21H,11,20H2,1-5H3. The predicted octanol–water partition coefficient (Wildman–Crippen LogP) is 3.98. The Labute approximate surface area is 128 Å². The van der Waals surface area contributed by atoms with E-state index in [-0.39, 0.29) is 6.04 Å². The van der Waals surface area contributed by atoms with Crippen LogP contribution in [0.25, 0.3) is 0 Å². The van der Waals surface area contributed by atoms with Gasteiger partial charge >= 0.3 is 0 Å². The van der Waals surface area contributed by atoms with Crippen molar-refractivity contribution in [3.63, 3.8) is 0 Å². The number of nitrogens with one attached hydrogen (secondary N) is 1. The van der Waals surface area contributed by atoms with E-state index >= 15 is 0 Å². The molecule has 112 valence electrons. The first-order chi connectivity index (χ1) is 9.90. The number of hydrogen-bond donors (Lipinski definition) is 2. The summed E-state index contributed by atoms with van der Waals surface area (Å²) in [5, 5.41) is 0. The number of rotatable bonds is 4. The molecule has 0 spiro atoms. The van der Waals surface area contributed by atoms with Gasteiger partial charge in [-0.05, 0) is 68.9 Å². The molecule has 0 aliphatic carbocycles. The molecular formula is C19H26N2. The first kappa shape index (κ1) is 15.7. The van der Waals surface area contributed by atoms with Crippen LogP contribution in [0.1, 0.15) is 45.0 Å². The van der Waals surface area contributed by atoms with Crippen molar-refractivity contribution in [1.29, 1.82) is 0 Å². The summed E-state index contributed by atoms with van der Waals surface area (Å²) >= 11 is 0. The van der Waals surface area contributed by atoms with E-state index in [1.807, 2.05) is 0 Å². The van der Waals surface area contributed by atoms with Gasteiger partial charge in [-0.25, -0.2) is 0 Å². The number of hydrazine groups is 1. The van der Waals surface area contributed by atoms with Gasteiger partial charge in [0.25, 0.3) is 0 Å². The Balaban J connectivity index is 2.34. The minimum Gasteiger partial charge on any atom is -0.271 e. The van der Waals surface area contributed by atoms with E-state index in [0.29, 0.717) is 0 Å². The minimum atomic E-state index is 0.144. The van der Waals surface area contributed by atoms with Crippen molar-refractivity contribution in [3.8, 4) is 0 Å². The Morgan fingerprint density at radius 1 is 0.810 bits per heavy atom. The molecule has 2 heteroatoms. The third-order valence-corrected chi connectivity index (χ3v) is 4.18. The van der Waals surface area contributed by atoms with Crippen LogP contribution in [0, 0.1) is 34.6 Å². The van der Waals surface area contributed by atoms with Crippen LogP contribution in [0.15, 0.2) is 30.3 Å². The smallest absolute Gasteiger partial charge is 0.0503 e. The van der Waals surface area contributed by atoms with E-state index in [0.717, 1.165) is 6.42 Å². The summed E-state index contributed by atoms with van der Waals surface area (Å²) in [4.78, 5) is 0. The number of aryl methyl sites for hydroxylation is 5. The monoisotopic (exact) mass is 282 g/mol. The van der Waals surface area contributed by atoms with Crippen molar-refractivity contribution >= 4 is 0 Å². The summed E-state index contributed by atoms with van der Waals surface area (Å²) in [6.45, 7) is 10.8. The van der Waals surface area contributed by atoms with E-state index in [2.05, 4.69) is 70.4 Å². The number of nitrogens with two attached hydrogens (primary N) is 1. The average molecular weight is 282 g/mol. The van der Waals surface area contributed by atoms with Crippen molar-refractivity contribution in [2.45, 2.75) is 47.1 Å². The molecule has 2 aromatic carbocycles. The lowest BCUT2D eigenvalue weighted by atomic mass is 9.91. The molecule has 0 heterocycles. The molecule has 21 heavy (non-hydrogen) atoms. The Morgan fingerprint density at radius 2 is 1.38 bits per heavy atom. The third kappa shape index (κ3) is 3.72. The second-order valence-electron chi connectivity index (χ2n) is 6.21. The molecule has 0 aromatic heterocycles. The molecular weight excluding hydrogens is 256 g/mol. The van der Waals surface area contributed by atoms with E-state index in [1.165, 1.54) is 38.9 Å². The topological polar surface area (TPSA) is 38.0 Å². The second-order valence-corrected chi connectivity index (χ2v) is 6.21. The van der Waals surface area contributed by atoms with Gasteiger partial charge in [0.1, 0.15) is 0 Å². The molecule has 2 aromatic rings. The van der Waals surface area contributed by atoms with Crippen LogP contribution in [0.2, 0.25) is 0 Å².